The number of unbranched alkanes of at least 4 members (excludes halogenated alkanes) is 3. The van der Waals surface area contributed by atoms with Gasteiger partial charge in [0, 0.05) is 11.1 Å². The summed E-state index contributed by atoms with van der Waals surface area (Å²) in [7, 11) is 0. The Morgan fingerprint density at radius 1 is 0.559 bits per heavy atom. The van der Waals surface area contributed by atoms with Crippen LogP contribution in [0.25, 0.3) is 0 Å². The minimum atomic E-state index is -0.696. The van der Waals surface area contributed by atoms with E-state index in [4.69, 9.17) is 0 Å². The van der Waals surface area contributed by atoms with Gasteiger partial charge in [0.1, 0.15) is 17.5 Å². The van der Waals surface area contributed by atoms with Crippen molar-refractivity contribution in [3.05, 3.63) is 105 Å². The number of hydrogen-bond acceptors (Lipinski definition) is 0. The second-order valence-electron chi connectivity index (χ2n) is 8.39. The Hall–Kier alpha value is -3.43. The zero-order valence-electron chi connectivity index (χ0n) is 19.8. The van der Waals surface area contributed by atoms with Crippen LogP contribution in [-0.2, 0) is 12.8 Å². The van der Waals surface area contributed by atoms with Crippen molar-refractivity contribution in [2.75, 3.05) is 0 Å². The zero-order chi connectivity index (χ0) is 24.3. The summed E-state index contributed by atoms with van der Waals surface area (Å²) in [5, 5.41) is 0. The van der Waals surface area contributed by atoms with Crippen LogP contribution in [0.15, 0.2) is 54.6 Å². The molecule has 0 saturated carbocycles. The topological polar surface area (TPSA) is 0 Å². The average molecular weight is 459 g/mol. The Kier molecular flexibility index (Phi) is 9.42. The fraction of sp³-hybridized carbons (Fsp3) is 0.290. The second kappa shape index (κ2) is 12.7. The van der Waals surface area contributed by atoms with E-state index in [2.05, 4.69) is 42.7 Å². The summed E-state index contributed by atoms with van der Waals surface area (Å²) in [5.74, 6) is 9.08. The van der Waals surface area contributed by atoms with Gasteiger partial charge in [0.25, 0.3) is 0 Å². The van der Waals surface area contributed by atoms with Crippen molar-refractivity contribution in [2.24, 2.45) is 0 Å². The molecule has 0 radical (unpaired) electrons. The summed E-state index contributed by atoms with van der Waals surface area (Å²) in [6, 6.07) is 15.0. The van der Waals surface area contributed by atoms with Crippen LogP contribution in [0, 0.1) is 41.1 Å². The van der Waals surface area contributed by atoms with Gasteiger partial charge >= 0.3 is 0 Å². The number of aryl methyl sites for hydroxylation is 2. The van der Waals surface area contributed by atoms with E-state index < -0.39 is 17.5 Å². The van der Waals surface area contributed by atoms with Gasteiger partial charge in [0.2, 0.25) is 0 Å². The van der Waals surface area contributed by atoms with Gasteiger partial charge in [-0.05, 0) is 79.3 Å². The third-order valence-corrected chi connectivity index (χ3v) is 5.59. The van der Waals surface area contributed by atoms with Crippen LogP contribution < -0.4 is 0 Å². The molecule has 0 saturated heterocycles. The van der Waals surface area contributed by atoms with E-state index in [0.29, 0.717) is 17.5 Å². The van der Waals surface area contributed by atoms with Crippen LogP contribution in [0.1, 0.15) is 79.3 Å². The highest BCUT2D eigenvalue weighted by Crippen LogP contribution is 2.17. The van der Waals surface area contributed by atoms with Crippen LogP contribution in [0.5, 0.6) is 0 Å². The molecule has 3 aromatic carbocycles. The van der Waals surface area contributed by atoms with Gasteiger partial charge in [-0.2, -0.15) is 0 Å². The fourth-order valence-corrected chi connectivity index (χ4v) is 3.57. The number of hydrogen-bond donors (Lipinski definition) is 0. The van der Waals surface area contributed by atoms with Crippen molar-refractivity contribution in [1.29, 1.82) is 0 Å². The Morgan fingerprint density at radius 3 is 1.82 bits per heavy atom. The summed E-state index contributed by atoms with van der Waals surface area (Å²) in [5.41, 5.74) is 2.97. The number of rotatable bonds is 7. The monoisotopic (exact) mass is 458 g/mol. The van der Waals surface area contributed by atoms with Crippen LogP contribution in [0.2, 0.25) is 0 Å². The van der Waals surface area contributed by atoms with Crippen LogP contribution in [-0.4, -0.2) is 0 Å². The highest BCUT2D eigenvalue weighted by molar-refractivity contribution is 5.49. The van der Waals surface area contributed by atoms with E-state index in [-0.39, 0.29) is 11.1 Å². The molecule has 34 heavy (non-hydrogen) atoms. The van der Waals surface area contributed by atoms with Gasteiger partial charge < -0.3 is 0 Å². The molecule has 0 spiro atoms. The molecule has 0 heterocycles. The molecule has 0 unspecified atom stereocenters. The Balaban J connectivity index is 1.71. The van der Waals surface area contributed by atoms with E-state index in [1.165, 1.54) is 49.1 Å². The summed E-state index contributed by atoms with van der Waals surface area (Å²) < 4.78 is 43.2. The smallest absolute Gasteiger partial charge is 0.142 e. The molecule has 0 atom stereocenters. The summed E-state index contributed by atoms with van der Waals surface area (Å²) in [6.07, 6.45) is 7.07. The largest absolute Gasteiger partial charge is 0.206 e. The van der Waals surface area contributed by atoms with Gasteiger partial charge in [-0.15, -0.1) is 0 Å². The van der Waals surface area contributed by atoms with Crippen LogP contribution in [0.3, 0.4) is 0 Å². The van der Waals surface area contributed by atoms with E-state index >= 15 is 0 Å². The molecule has 0 aliphatic carbocycles. The molecule has 0 N–H and O–H groups in total. The lowest BCUT2D eigenvalue weighted by Gasteiger charge is -2.03. The van der Waals surface area contributed by atoms with E-state index in [1.807, 2.05) is 19.1 Å². The summed E-state index contributed by atoms with van der Waals surface area (Å²) >= 11 is 0. The molecule has 0 aliphatic rings. The first-order valence-corrected chi connectivity index (χ1v) is 11.9. The maximum absolute atomic E-state index is 14.5. The number of halogens is 3. The minimum Gasteiger partial charge on any atom is -0.206 e. The van der Waals surface area contributed by atoms with E-state index in [9.17, 15) is 13.2 Å². The van der Waals surface area contributed by atoms with Gasteiger partial charge in [0.05, 0.1) is 11.1 Å². The van der Waals surface area contributed by atoms with E-state index in [0.717, 1.165) is 24.8 Å². The lowest BCUT2D eigenvalue weighted by atomic mass is 10.0. The number of benzene rings is 3. The average Bonchev–Trinajstić information content (AvgIpc) is 2.82. The van der Waals surface area contributed by atoms with Crippen LogP contribution in [0.4, 0.5) is 13.2 Å². The Morgan fingerprint density at radius 2 is 1.18 bits per heavy atom. The first kappa shape index (κ1) is 25.2. The Labute approximate surface area is 201 Å². The molecule has 0 nitrogen and oxygen atoms in total. The van der Waals surface area contributed by atoms with Gasteiger partial charge in [-0.25, -0.2) is 13.2 Å². The highest BCUT2D eigenvalue weighted by Gasteiger charge is 2.09. The SMILES string of the molecule is CCCCCc1ccc(C#Cc2ccc(C#Cc3c(F)cc(CCCC)cc3F)cc2F)cc1. The second-order valence-corrected chi connectivity index (χ2v) is 8.39. The molecule has 0 fully saturated rings. The lowest BCUT2D eigenvalue weighted by molar-refractivity contribution is 0.572. The van der Waals surface area contributed by atoms with Crippen molar-refractivity contribution >= 4 is 0 Å². The molecule has 0 aliphatic heterocycles. The summed E-state index contributed by atoms with van der Waals surface area (Å²) in [6.45, 7) is 4.21. The van der Waals surface area contributed by atoms with E-state index in [1.54, 1.807) is 6.07 Å². The van der Waals surface area contributed by atoms with Crippen LogP contribution >= 0.6 is 0 Å². The maximum Gasteiger partial charge on any atom is 0.142 e. The predicted molar refractivity (Wildman–Crippen MR) is 133 cm³/mol. The fourth-order valence-electron chi connectivity index (χ4n) is 3.57. The zero-order valence-corrected chi connectivity index (χ0v) is 19.8. The third kappa shape index (κ3) is 7.29. The van der Waals surface area contributed by atoms with Crippen molar-refractivity contribution < 1.29 is 13.2 Å². The van der Waals surface area contributed by atoms with Crippen molar-refractivity contribution in [1.82, 2.24) is 0 Å². The molecule has 0 bridgehead atoms. The highest BCUT2D eigenvalue weighted by atomic mass is 19.1. The molecule has 3 rings (SSSR count). The molecule has 0 amide bonds. The maximum atomic E-state index is 14.5. The quantitative estimate of drug-likeness (QED) is 0.249. The third-order valence-electron chi connectivity index (χ3n) is 5.59. The first-order chi connectivity index (χ1) is 16.5. The summed E-state index contributed by atoms with van der Waals surface area (Å²) in [4.78, 5) is 0. The molecule has 174 valence electrons. The van der Waals surface area contributed by atoms with Crippen molar-refractivity contribution in [3.63, 3.8) is 0 Å². The lowest BCUT2D eigenvalue weighted by Crippen LogP contribution is -1.95. The molecule has 3 aromatic rings. The van der Waals surface area contributed by atoms with Gasteiger partial charge in [-0.3, -0.25) is 0 Å². The molecule has 3 heteroatoms. The Bertz CT molecular complexity index is 1210. The molecular formula is C31H29F3. The van der Waals surface area contributed by atoms with Gasteiger partial charge in [-0.1, -0.05) is 68.9 Å². The normalized spacial score (nSPS) is 10.3. The van der Waals surface area contributed by atoms with Crippen molar-refractivity contribution in [2.45, 2.75) is 58.8 Å². The van der Waals surface area contributed by atoms with Crippen molar-refractivity contribution in [3.8, 4) is 23.7 Å². The first-order valence-electron chi connectivity index (χ1n) is 11.9. The standard InChI is InChI=1S/C31H29F3/c1-3-5-7-9-23-10-12-24(13-11-23)14-17-27-18-15-25(20-29(27)32)16-19-28-30(33)21-26(8-6-4-2)22-31(28)34/h10-13,15,18,20-22H,3-9H2,1-2H3. The van der Waals surface area contributed by atoms with Gasteiger partial charge in [0.15, 0.2) is 0 Å². The minimum absolute atomic E-state index is 0.246. The molecule has 0 aromatic heterocycles. The predicted octanol–water partition coefficient (Wildman–Crippen LogP) is 7.98. The molecular weight excluding hydrogens is 429 g/mol.